The van der Waals surface area contributed by atoms with E-state index in [-0.39, 0.29) is 29.5 Å². The number of hydrogen-bond acceptors (Lipinski definition) is 6. The number of carbonyl (C=O) groups is 1. The molecule has 0 saturated heterocycles. The van der Waals surface area contributed by atoms with E-state index in [0.717, 1.165) is 31.7 Å². The zero-order chi connectivity index (χ0) is 21.3. The second-order valence-corrected chi connectivity index (χ2v) is 7.58. The highest BCUT2D eigenvalue weighted by molar-refractivity contribution is 6.04. The first-order valence-corrected chi connectivity index (χ1v) is 10.2. The van der Waals surface area contributed by atoms with E-state index < -0.39 is 11.6 Å². The molecular formula is C21H24F2N6O. The SMILES string of the molecule is CCC1C(=O)N(C)c2cnc(N/N=C/c3cccc(F)c3F)nc2N1C1CCCC1. The van der Waals surface area contributed by atoms with E-state index in [1.165, 1.54) is 18.3 Å². The molecule has 1 aliphatic carbocycles. The van der Waals surface area contributed by atoms with Gasteiger partial charge in [0.1, 0.15) is 11.7 Å². The van der Waals surface area contributed by atoms with Gasteiger partial charge >= 0.3 is 0 Å². The van der Waals surface area contributed by atoms with Crippen molar-refractivity contribution in [2.24, 2.45) is 5.10 Å². The molecule has 0 bridgehead atoms. The van der Waals surface area contributed by atoms with Crippen molar-refractivity contribution < 1.29 is 13.6 Å². The fourth-order valence-electron chi connectivity index (χ4n) is 4.22. The van der Waals surface area contributed by atoms with Crippen LogP contribution in [0.1, 0.15) is 44.6 Å². The maximum atomic E-state index is 13.8. The third-order valence-electron chi connectivity index (χ3n) is 5.76. The van der Waals surface area contributed by atoms with Gasteiger partial charge in [0.05, 0.1) is 12.4 Å². The van der Waals surface area contributed by atoms with Gasteiger partial charge in [0.25, 0.3) is 0 Å². The van der Waals surface area contributed by atoms with Crippen LogP contribution < -0.4 is 15.2 Å². The Bertz CT molecular complexity index is 976. The first-order valence-electron chi connectivity index (χ1n) is 10.2. The van der Waals surface area contributed by atoms with Crippen molar-refractivity contribution in [2.75, 3.05) is 22.3 Å². The molecule has 2 heterocycles. The lowest BCUT2D eigenvalue weighted by molar-refractivity contribution is -0.120. The fraction of sp³-hybridized carbons (Fsp3) is 0.429. The van der Waals surface area contributed by atoms with E-state index in [4.69, 9.17) is 0 Å². The van der Waals surface area contributed by atoms with Gasteiger partial charge in [-0.15, -0.1) is 0 Å². The zero-order valence-corrected chi connectivity index (χ0v) is 17.0. The smallest absolute Gasteiger partial charge is 0.249 e. The summed E-state index contributed by atoms with van der Waals surface area (Å²) in [6, 6.07) is 3.88. The molecule has 1 fully saturated rings. The predicted octanol–water partition coefficient (Wildman–Crippen LogP) is 3.70. The minimum absolute atomic E-state index is 0.0180. The summed E-state index contributed by atoms with van der Waals surface area (Å²) in [7, 11) is 1.73. The van der Waals surface area contributed by atoms with Crippen LogP contribution in [0.3, 0.4) is 0 Å². The number of fused-ring (bicyclic) bond motifs is 1. The molecule has 1 N–H and O–H groups in total. The van der Waals surface area contributed by atoms with Crippen LogP contribution in [0.15, 0.2) is 29.5 Å². The molecule has 2 aromatic rings. The van der Waals surface area contributed by atoms with Crippen LogP contribution in [0.25, 0.3) is 0 Å². The Morgan fingerprint density at radius 1 is 1.30 bits per heavy atom. The van der Waals surface area contributed by atoms with Crippen LogP contribution in [0.4, 0.5) is 26.2 Å². The molecule has 1 unspecified atom stereocenters. The molecule has 2 aliphatic rings. The molecule has 1 aromatic carbocycles. The van der Waals surface area contributed by atoms with Crippen molar-refractivity contribution in [3.8, 4) is 0 Å². The van der Waals surface area contributed by atoms with E-state index in [9.17, 15) is 13.6 Å². The minimum Gasteiger partial charge on any atom is -0.340 e. The van der Waals surface area contributed by atoms with Crippen LogP contribution in [0.2, 0.25) is 0 Å². The minimum atomic E-state index is -0.965. The lowest BCUT2D eigenvalue weighted by atomic mass is 10.0. The van der Waals surface area contributed by atoms with Crippen LogP contribution in [0.5, 0.6) is 0 Å². The van der Waals surface area contributed by atoms with E-state index >= 15 is 0 Å². The fourth-order valence-corrected chi connectivity index (χ4v) is 4.22. The average Bonchev–Trinajstić information content (AvgIpc) is 3.28. The summed E-state index contributed by atoms with van der Waals surface area (Å²) in [5.41, 5.74) is 3.36. The summed E-state index contributed by atoms with van der Waals surface area (Å²) < 4.78 is 27.1. The largest absolute Gasteiger partial charge is 0.340 e. The first-order chi connectivity index (χ1) is 14.5. The number of nitrogens with zero attached hydrogens (tertiary/aromatic N) is 5. The normalized spacial score (nSPS) is 19.6. The predicted molar refractivity (Wildman–Crippen MR) is 112 cm³/mol. The lowest BCUT2D eigenvalue weighted by Crippen LogP contribution is -2.55. The van der Waals surface area contributed by atoms with Gasteiger partial charge in [-0.3, -0.25) is 4.79 Å². The maximum absolute atomic E-state index is 13.8. The number of rotatable bonds is 5. The molecule has 1 saturated carbocycles. The summed E-state index contributed by atoms with van der Waals surface area (Å²) in [5.74, 6) is -0.939. The average molecular weight is 414 g/mol. The first kappa shape index (κ1) is 20.2. The van der Waals surface area contributed by atoms with Crippen molar-refractivity contribution >= 4 is 29.6 Å². The summed E-state index contributed by atoms with van der Waals surface area (Å²) in [4.78, 5) is 25.5. The van der Waals surface area contributed by atoms with E-state index in [2.05, 4.69) is 25.4 Å². The molecule has 0 radical (unpaired) electrons. The second-order valence-electron chi connectivity index (χ2n) is 7.58. The highest BCUT2D eigenvalue weighted by Crippen LogP contribution is 2.39. The van der Waals surface area contributed by atoms with Crippen molar-refractivity contribution in [1.82, 2.24) is 9.97 Å². The third-order valence-corrected chi connectivity index (χ3v) is 5.76. The number of carbonyl (C=O) groups excluding carboxylic acids is 1. The number of aromatic nitrogens is 2. The summed E-state index contributed by atoms with van der Waals surface area (Å²) in [6.45, 7) is 2.00. The number of hydrogen-bond donors (Lipinski definition) is 1. The summed E-state index contributed by atoms with van der Waals surface area (Å²) >= 11 is 0. The number of amides is 1. The lowest BCUT2D eigenvalue weighted by Gasteiger charge is -2.43. The molecule has 1 aliphatic heterocycles. The summed E-state index contributed by atoms with van der Waals surface area (Å²) in [5, 5.41) is 3.95. The number of nitrogens with one attached hydrogen (secondary N) is 1. The maximum Gasteiger partial charge on any atom is 0.249 e. The topological polar surface area (TPSA) is 73.7 Å². The Labute approximate surface area is 173 Å². The molecule has 0 spiro atoms. The van der Waals surface area contributed by atoms with Crippen LogP contribution in [-0.2, 0) is 4.79 Å². The Kier molecular flexibility index (Phi) is 5.61. The van der Waals surface area contributed by atoms with E-state index in [0.29, 0.717) is 17.9 Å². The van der Waals surface area contributed by atoms with Crippen LogP contribution in [0, 0.1) is 11.6 Å². The number of anilines is 3. The van der Waals surface area contributed by atoms with Gasteiger partial charge in [0.2, 0.25) is 11.9 Å². The monoisotopic (exact) mass is 414 g/mol. The molecule has 1 atom stereocenters. The van der Waals surface area contributed by atoms with Crippen LogP contribution in [-0.4, -0.2) is 41.2 Å². The van der Waals surface area contributed by atoms with Crippen molar-refractivity contribution in [2.45, 2.75) is 51.1 Å². The molecule has 158 valence electrons. The number of likely N-dealkylation sites (N-methyl/N-ethyl adjacent to an activating group) is 1. The van der Waals surface area contributed by atoms with Gasteiger partial charge < -0.3 is 9.80 Å². The number of halogens is 2. The molecular weight excluding hydrogens is 390 g/mol. The molecule has 30 heavy (non-hydrogen) atoms. The Morgan fingerprint density at radius 2 is 2.07 bits per heavy atom. The van der Waals surface area contributed by atoms with Crippen LogP contribution >= 0.6 is 0 Å². The highest BCUT2D eigenvalue weighted by Gasteiger charge is 2.41. The van der Waals surface area contributed by atoms with Crippen molar-refractivity contribution in [3.05, 3.63) is 41.6 Å². The number of hydrazone groups is 1. The van der Waals surface area contributed by atoms with Gasteiger partial charge in [-0.1, -0.05) is 31.9 Å². The molecule has 9 heteroatoms. The Hall–Kier alpha value is -3.10. The molecule has 4 rings (SSSR count). The van der Waals surface area contributed by atoms with Crippen molar-refractivity contribution in [3.63, 3.8) is 0 Å². The highest BCUT2D eigenvalue weighted by atomic mass is 19.2. The van der Waals surface area contributed by atoms with Gasteiger partial charge in [-0.05, 0) is 25.3 Å². The van der Waals surface area contributed by atoms with E-state index in [1.807, 2.05) is 6.92 Å². The van der Waals surface area contributed by atoms with Gasteiger partial charge in [0, 0.05) is 18.7 Å². The van der Waals surface area contributed by atoms with E-state index in [1.54, 1.807) is 18.1 Å². The Morgan fingerprint density at radius 3 is 2.80 bits per heavy atom. The van der Waals surface area contributed by atoms with Gasteiger partial charge in [-0.2, -0.15) is 10.1 Å². The third kappa shape index (κ3) is 3.59. The summed E-state index contributed by atoms with van der Waals surface area (Å²) in [6.07, 6.45) is 7.78. The standard InChI is InChI=1S/C21H24F2N6O/c1-3-16-20(30)28(2)17-12-24-21(26-19(17)29(16)14-8-4-5-9-14)27-25-11-13-7-6-10-15(22)18(13)23/h6-7,10-12,14,16H,3-5,8-9H2,1-2H3,(H,24,26,27)/b25-11+. The number of benzene rings is 1. The zero-order valence-electron chi connectivity index (χ0n) is 17.0. The van der Waals surface area contributed by atoms with Gasteiger partial charge in [-0.25, -0.2) is 19.2 Å². The Balaban J connectivity index is 1.63. The van der Waals surface area contributed by atoms with Gasteiger partial charge in [0.15, 0.2) is 17.5 Å². The molecule has 1 amide bonds. The second kappa shape index (κ2) is 8.33. The molecule has 1 aromatic heterocycles. The molecule has 7 nitrogen and oxygen atoms in total. The van der Waals surface area contributed by atoms with Crippen molar-refractivity contribution in [1.29, 1.82) is 0 Å². The quantitative estimate of drug-likeness (QED) is 0.597.